The Labute approximate surface area is 349 Å². The molecule has 0 bridgehead atoms. The van der Waals surface area contributed by atoms with Crippen LogP contribution in [0, 0.1) is 28.6 Å². The van der Waals surface area contributed by atoms with Gasteiger partial charge in [-0.05, 0) is 42.6 Å². The molecule has 1 saturated carbocycles. The Morgan fingerprint density at radius 2 is 1.48 bits per heavy atom. The van der Waals surface area contributed by atoms with E-state index in [1.54, 1.807) is 13.8 Å². The lowest BCUT2D eigenvalue weighted by Crippen LogP contribution is -2.66. The predicted molar refractivity (Wildman–Crippen MR) is 210 cm³/mol. The molecule has 20 atom stereocenters. The molecule has 17 nitrogen and oxygen atoms in total. The van der Waals surface area contributed by atoms with Gasteiger partial charge in [0, 0.05) is 11.5 Å². The van der Waals surface area contributed by atoms with Gasteiger partial charge in [-0.3, -0.25) is 0 Å². The lowest BCUT2D eigenvalue weighted by molar-refractivity contribution is -0.300. The molecule has 17 heteroatoms. The number of ether oxygens (including phenoxy) is 8. The number of amides is 1. The van der Waals surface area contributed by atoms with Crippen molar-refractivity contribution in [2.45, 2.75) is 152 Å². The lowest BCUT2D eigenvalue weighted by Gasteiger charge is -2.50. The van der Waals surface area contributed by atoms with E-state index in [0.29, 0.717) is 12.8 Å². The van der Waals surface area contributed by atoms with Crippen molar-refractivity contribution in [3.63, 3.8) is 0 Å². The molecule has 1 amide bonds. The van der Waals surface area contributed by atoms with Crippen molar-refractivity contribution in [1.82, 2.24) is 5.32 Å². The van der Waals surface area contributed by atoms with E-state index >= 15 is 0 Å². The van der Waals surface area contributed by atoms with Crippen LogP contribution in [-0.4, -0.2) is 137 Å². The fourth-order valence-electron chi connectivity index (χ4n) is 9.51. The van der Waals surface area contributed by atoms with Gasteiger partial charge in [-0.1, -0.05) is 93.5 Å². The molecule has 4 heterocycles. The predicted octanol–water partition coefficient (Wildman–Crippen LogP) is 2.68. The number of alkyl carbamates (subject to hydrolysis) is 1. The summed E-state index contributed by atoms with van der Waals surface area (Å²) in [5.74, 6) is -1.49. The number of nitrogens with one attached hydrogen (secondary N) is 1. The average Bonchev–Trinajstić information content (AvgIpc) is 3.56. The van der Waals surface area contributed by atoms with Crippen molar-refractivity contribution < 1.29 is 68.2 Å². The smallest absolute Gasteiger partial charge is 0.407 e. The standard InChI is InChI=1S/C43H60N2O15/c1-5-27-35(49)34(48)23(4)40(56-27)60-39-29(18-46)57-42(36(39)50)58-37-26(21(2)16-22(3)33(37)47)17-28-31(44-43(51)54-19-24-12-8-6-9-13-24)32(45-52)38-30(55-28)20-53-41(59-38)25-14-10-7-11-15-25/h6-15,21-23,26-42,46-50H,5,16-20H2,1-4H3,(H,44,51). The number of carbonyl (C=O) groups is 1. The van der Waals surface area contributed by atoms with Crippen LogP contribution in [0.4, 0.5) is 4.79 Å². The highest BCUT2D eigenvalue weighted by Crippen LogP contribution is 2.44. The molecule has 332 valence electrons. The molecule has 20 unspecified atom stereocenters. The van der Waals surface area contributed by atoms with Gasteiger partial charge in [-0.2, -0.15) is 4.91 Å². The number of nitrogens with zero attached hydrogens (tertiary/aromatic N) is 1. The number of rotatable bonds is 13. The second-order valence-electron chi connectivity index (χ2n) is 17.0. The Hall–Kier alpha value is -3.17. The summed E-state index contributed by atoms with van der Waals surface area (Å²) >= 11 is 0. The molecule has 2 aromatic rings. The zero-order valence-electron chi connectivity index (χ0n) is 34.3. The first-order valence-electron chi connectivity index (χ1n) is 21.1. The van der Waals surface area contributed by atoms with Gasteiger partial charge in [0.25, 0.3) is 0 Å². The first-order valence-corrected chi connectivity index (χ1v) is 21.1. The van der Waals surface area contributed by atoms with Crippen LogP contribution >= 0.6 is 0 Å². The summed E-state index contributed by atoms with van der Waals surface area (Å²) in [4.78, 5) is 26.4. The Kier molecular flexibility index (Phi) is 14.9. The van der Waals surface area contributed by atoms with Crippen molar-refractivity contribution in [3.05, 3.63) is 76.7 Å². The number of hydrogen-bond donors (Lipinski definition) is 6. The van der Waals surface area contributed by atoms with E-state index < -0.39 is 123 Å². The topological polar surface area (TPSA) is 234 Å². The van der Waals surface area contributed by atoms with E-state index in [0.717, 1.165) is 11.1 Å². The Morgan fingerprint density at radius 3 is 2.17 bits per heavy atom. The van der Waals surface area contributed by atoms with E-state index in [2.05, 4.69) is 10.5 Å². The molecule has 0 spiro atoms. The molecule has 7 rings (SSSR count). The summed E-state index contributed by atoms with van der Waals surface area (Å²) in [5.41, 5.74) is 1.50. The van der Waals surface area contributed by atoms with Gasteiger partial charge in [0.15, 0.2) is 18.9 Å². The highest BCUT2D eigenvalue weighted by Gasteiger charge is 2.56. The fourth-order valence-corrected chi connectivity index (χ4v) is 9.51. The van der Waals surface area contributed by atoms with Crippen molar-refractivity contribution >= 4 is 6.09 Å². The van der Waals surface area contributed by atoms with Gasteiger partial charge in [-0.25, -0.2) is 4.79 Å². The fraction of sp³-hybridized carbons (Fsp3) is 0.698. The lowest BCUT2D eigenvalue weighted by atomic mass is 9.69. The van der Waals surface area contributed by atoms with Crippen LogP contribution in [-0.2, 0) is 44.5 Å². The molecule has 60 heavy (non-hydrogen) atoms. The van der Waals surface area contributed by atoms with Crippen molar-refractivity contribution in [3.8, 4) is 0 Å². The maximum absolute atomic E-state index is 13.5. The first kappa shape index (κ1) is 44.9. The summed E-state index contributed by atoms with van der Waals surface area (Å²) in [7, 11) is 0. The van der Waals surface area contributed by atoms with E-state index in [1.165, 1.54) is 0 Å². The van der Waals surface area contributed by atoms with Crippen LogP contribution in [0.25, 0.3) is 0 Å². The molecule has 5 aliphatic rings. The minimum atomic E-state index is -1.46. The van der Waals surface area contributed by atoms with Crippen molar-refractivity contribution in [2.24, 2.45) is 28.8 Å². The van der Waals surface area contributed by atoms with Crippen LogP contribution in [0.1, 0.15) is 64.4 Å². The van der Waals surface area contributed by atoms with E-state index in [9.17, 15) is 35.2 Å². The number of carbonyl (C=O) groups excluding carboxylic acids is 1. The molecular weight excluding hydrogens is 784 g/mol. The summed E-state index contributed by atoms with van der Waals surface area (Å²) in [6.45, 7) is 6.87. The molecule has 6 N–H and O–H groups in total. The van der Waals surface area contributed by atoms with Crippen molar-refractivity contribution in [2.75, 3.05) is 13.2 Å². The van der Waals surface area contributed by atoms with E-state index in [4.69, 9.17) is 37.9 Å². The highest BCUT2D eigenvalue weighted by atomic mass is 16.8. The monoisotopic (exact) mass is 844 g/mol. The second kappa shape index (κ2) is 19.9. The van der Waals surface area contributed by atoms with Crippen LogP contribution in [0.5, 0.6) is 0 Å². The van der Waals surface area contributed by atoms with Crippen LogP contribution in [0.3, 0.4) is 0 Å². The average molecular weight is 845 g/mol. The molecular formula is C43H60N2O15. The largest absolute Gasteiger partial charge is 0.445 e. The van der Waals surface area contributed by atoms with Gasteiger partial charge in [-0.15, -0.1) is 0 Å². The van der Waals surface area contributed by atoms with Crippen LogP contribution < -0.4 is 5.32 Å². The minimum Gasteiger partial charge on any atom is -0.445 e. The molecule has 4 saturated heterocycles. The molecule has 5 fully saturated rings. The van der Waals surface area contributed by atoms with Gasteiger partial charge in [0.1, 0.15) is 49.3 Å². The third-order valence-corrected chi connectivity index (χ3v) is 13.0. The third kappa shape index (κ3) is 9.57. The van der Waals surface area contributed by atoms with Crippen molar-refractivity contribution in [1.29, 1.82) is 0 Å². The minimum absolute atomic E-state index is 0.0208. The van der Waals surface area contributed by atoms with Gasteiger partial charge in [0.2, 0.25) is 0 Å². The Bertz CT molecular complexity index is 1680. The van der Waals surface area contributed by atoms with E-state index in [-0.39, 0.29) is 31.5 Å². The SMILES string of the molecule is CCC1OC(OC2C(CO)OC(OC3C(O)C(C)CC(C)C3CC3OC4COC(c5ccccc5)OC4C(N=O)C3NC(=O)OCc3ccccc3)C2O)C(C)C(O)C1O. The normalized spacial score (nSPS) is 43.1. The molecule has 4 aliphatic heterocycles. The first-order chi connectivity index (χ1) is 28.9. The van der Waals surface area contributed by atoms with Crippen LogP contribution in [0.2, 0.25) is 0 Å². The third-order valence-electron chi connectivity index (χ3n) is 13.0. The summed E-state index contributed by atoms with van der Waals surface area (Å²) in [6.07, 6.45) is -14.0. The number of benzene rings is 2. The number of hydrogen-bond acceptors (Lipinski definition) is 16. The Morgan fingerprint density at radius 1 is 0.800 bits per heavy atom. The number of aliphatic hydroxyl groups is 5. The zero-order valence-corrected chi connectivity index (χ0v) is 34.3. The van der Waals surface area contributed by atoms with E-state index in [1.807, 2.05) is 74.5 Å². The molecule has 0 aromatic heterocycles. The molecule has 0 radical (unpaired) electrons. The number of aliphatic hydroxyl groups excluding tert-OH is 5. The number of nitroso groups, excluding NO2 is 1. The van der Waals surface area contributed by atoms with Gasteiger partial charge >= 0.3 is 6.09 Å². The zero-order chi connectivity index (χ0) is 42.7. The molecule has 2 aromatic carbocycles. The molecule has 1 aliphatic carbocycles. The summed E-state index contributed by atoms with van der Waals surface area (Å²) < 4.78 is 49.4. The van der Waals surface area contributed by atoms with Gasteiger partial charge < -0.3 is 68.7 Å². The maximum Gasteiger partial charge on any atom is 0.407 e. The number of fused-ring (bicyclic) bond motifs is 1. The second-order valence-corrected chi connectivity index (χ2v) is 17.0. The van der Waals surface area contributed by atoms with Crippen LogP contribution in [0.15, 0.2) is 65.8 Å². The highest BCUT2D eigenvalue weighted by molar-refractivity contribution is 5.68. The summed E-state index contributed by atoms with van der Waals surface area (Å²) in [5, 5.41) is 61.3. The Balaban J connectivity index is 1.11. The van der Waals surface area contributed by atoms with Gasteiger partial charge in [0.05, 0.1) is 49.8 Å². The maximum atomic E-state index is 13.5. The summed E-state index contributed by atoms with van der Waals surface area (Å²) in [6, 6.07) is 16.2. The quantitative estimate of drug-likeness (QED) is 0.159.